The molecule has 0 aliphatic carbocycles. The van der Waals surface area contributed by atoms with Gasteiger partial charge in [0, 0.05) is 25.4 Å². The summed E-state index contributed by atoms with van der Waals surface area (Å²) < 4.78 is 10.8. The maximum Gasteiger partial charge on any atom is 0.356 e. The molecule has 1 amide bonds. The van der Waals surface area contributed by atoms with E-state index >= 15 is 0 Å². The fraction of sp³-hybridized carbons (Fsp3) is 0.500. The molecule has 0 radical (unpaired) electrons. The van der Waals surface area contributed by atoms with Crippen LogP contribution in [0.15, 0.2) is 12.4 Å². The van der Waals surface area contributed by atoms with Crippen LogP contribution in [0.3, 0.4) is 0 Å². The number of aromatic carboxylic acids is 1. The van der Waals surface area contributed by atoms with E-state index in [-0.39, 0.29) is 17.9 Å². The summed E-state index contributed by atoms with van der Waals surface area (Å²) in [7, 11) is 0. The number of aromatic nitrogens is 2. The third-order valence-corrected chi connectivity index (χ3v) is 2.88. The summed E-state index contributed by atoms with van der Waals surface area (Å²) >= 11 is 0. The molecule has 0 atom stereocenters. The zero-order valence-corrected chi connectivity index (χ0v) is 11.0. The first-order valence-corrected chi connectivity index (χ1v) is 6.12. The second kappa shape index (κ2) is 5.93. The Morgan fingerprint density at radius 2 is 1.90 bits per heavy atom. The molecule has 8 nitrogen and oxygen atoms in total. The normalized spacial score (nSPS) is 16.9. The van der Waals surface area contributed by atoms with Crippen molar-refractivity contribution < 1.29 is 24.2 Å². The predicted octanol–water partition coefficient (Wildman–Crippen LogP) is 0.0577. The molecule has 0 spiro atoms. The van der Waals surface area contributed by atoms with Crippen LogP contribution in [0.1, 0.15) is 34.3 Å². The number of hydrogen-bond acceptors (Lipinski definition) is 6. The van der Waals surface area contributed by atoms with E-state index in [2.05, 4.69) is 15.3 Å². The molecule has 1 aliphatic heterocycles. The number of nitrogens with zero attached hydrogens (tertiary/aromatic N) is 2. The van der Waals surface area contributed by atoms with Crippen molar-refractivity contribution in [3.05, 3.63) is 23.8 Å². The van der Waals surface area contributed by atoms with Crippen molar-refractivity contribution in [3.8, 4) is 0 Å². The Hall–Kier alpha value is -2.06. The van der Waals surface area contributed by atoms with Crippen LogP contribution in [0, 0.1) is 0 Å². The molecule has 1 fully saturated rings. The van der Waals surface area contributed by atoms with Crippen molar-refractivity contribution >= 4 is 11.9 Å². The molecule has 0 unspecified atom stereocenters. The van der Waals surface area contributed by atoms with E-state index in [4.69, 9.17) is 14.6 Å². The molecule has 2 rings (SSSR count). The lowest BCUT2D eigenvalue weighted by atomic mass is 10.2. The number of amides is 1. The third kappa shape index (κ3) is 3.28. The van der Waals surface area contributed by atoms with Gasteiger partial charge in [-0.15, -0.1) is 0 Å². The lowest BCUT2D eigenvalue weighted by molar-refractivity contribution is -0.145. The van der Waals surface area contributed by atoms with Crippen LogP contribution in [0.5, 0.6) is 0 Å². The Bertz CT molecular complexity index is 514. The zero-order chi connectivity index (χ0) is 14.6. The zero-order valence-electron chi connectivity index (χ0n) is 11.0. The Morgan fingerprint density at radius 3 is 2.50 bits per heavy atom. The molecule has 0 bridgehead atoms. The van der Waals surface area contributed by atoms with Crippen LogP contribution >= 0.6 is 0 Å². The van der Waals surface area contributed by atoms with Crippen LogP contribution in [0.2, 0.25) is 0 Å². The molecule has 1 aromatic heterocycles. The summed E-state index contributed by atoms with van der Waals surface area (Å²) in [6, 6.07) is 0. The maximum atomic E-state index is 11.9. The molecule has 2 N–H and O–H groups in total. The molecule has 0 aromatic carbocycles. The molecule has 1 saturated heterocycles. The van der Waals surface area contributed by atoms with Gasteiger partial charge >= 0.3 is 5.97 Å². The van der Waals surface area contributed by atoms with Crippen LogP contribution in [0.4, 0.5) is 0 Å². The van der Waals surface area contributed by atoms with Gasteiger partial charge in [0.2, 0.25) is 0 Å². The fourth-order valence-corrected chi connectivity index (χ4v) is 1.85. The highest BCUT2D eigenvalue weighted by Crippen LogP contribution is 2.21. The Morgan fingerprint density at radius 1 is 1.30 bits per heavy atom. The van der Waals surface area contributed by atoms with E-state index in [0.717, 1.165) is 0 Å². The third-order valence-electron chi connectivity index (χ3n) is 2.88. The van der Waals surface area contributed by atoms with Crippen molar-refractivity contribution in [3.63, 3.8) is 0 Å². The summed E-state index contributed by atoms with van der Waals surface area (Å²) in [6.07, 6.45) is 2.95. The number of carbonyl (C=O) groups excluding carboxylic acids is 1. The quantitative estimate of drug-likeness (QED) is 0.784. The first-order valence-electron chi connectivity index (χ1n) is 6.12. The lowest BCUT2D eigenvalue weighted by Crippen LogP contribution is -2.34. The van der Waals surface area contributed by atoms with Crippen LogP contribution in [-0.4, -0.2) is 52.5 Å². The number of nitrogens with one attached hydrogen (secondary N) is 1. The molecule has 2 heterocycles. The fourth-order valence-electron chi connectivity index (χ4n) is 1.85. The largest absolute Gasteiger partial charge is 0.476 e. The van der Waals surface area contributed by atoms with E-state index in [9.17, 15) is 9.59 Å². The maximum absolute atomic E-state index is 11.9. The monoisotopic (exact) mass is 281 g/mol. The highest BCUT2D eigenvalue weighted by molar-refractivity contribution is 6.01. The number of carboxylic acids is 1. The predicted molar refractivity (Wildman–Crippen MR) is 66.3 cm³/mol. The van der Waals surface area contributed by atoms with Gasteiger partial charge in [-0.2, -0.15) is 0 Å². The minimum absolute atomic E-state index is 0.210. The molecule has 108 valence electrons. The highest BCUT2D eigenvalue weighted by Gasteiger charge is 2.30. The van der Waals surface area contributed by atoms with Gasteiger partial charge in [0.1, 0.15) is 0 Å². The van der Waals surface area contributed by atoms with E-state index < -0.39 is 17.7 Å². The van der Waals surface area contributed by atoms with Crippen molar-refractivity contribution in [1.29, 1.82) is 0 Å². The van der Waals surface area contributed by atoms with Crippen molar-refractivity contribution in [2.24, 2.45) is 0 Å². The molecule has 8 heteroatoms. The Labute approximate surface area is 115 Å². The number of carbonyl (C=O) groups is 2. The highest BCUT2D eigenvalue weighted by atomic mass is 16.7. The van der Waals surface area contributed by atoms with Crippen molar-refractivity contribution in [2.45, 2.75) is 19.1 Å². The summed E-state index contributed by atoms with van der Waals surface area (Å²) in [5.41, 5.74) is -0.581. The smallest absolute Gasteiger partial charge is 0.356 e. The Kier molecular flexibility index (Phi) is 4.26. The van der Waals surface area contributed by atoms with Gasteiger partial charge in [-0.05, 0) is 6.92 Å². The molecule has 1 aliphatic rings. The molecule has 1 aromatic rings. The Balaban J connectivity index is 1.94. The van der Waals surface area contributed by atoms with Crippen LogP contribution in [0.25, 0.3) is 0 Å². The molecule has 20 heavy (non-hydrogen) atoms. The van der Waals surface area contributed by atoms with Crippen LogP contribution < -0.4 is 5.32 Å². The summed E-state index contributed by atoms with van der Waals surface area (Å²) in [5.74, 6) is -2.58. The van der Waals surface area contributed by atoms with E-state index in [1.807, 2.05) is 0 Å². The second-order valence-corrected chi connectivity index (χ2v) is 4.40. The molecule has 0 saturated carbocycles. The summed E-state index contributed by atoms with van der Waals surface area (Å²) in [5, 5.41) is 11.5. The van der Waals surface area contributed by atoms with Gasteiger partial charge in [0.05, 0.1) is 13.2 Å². The van der Waals surface area contributed by atoms with E-state index in [0.29, 0.717) is 19.6 Å². The van der Waals surface area contributed by atoms with Gasteiger partial charge in [0.15, 0.2) is 17.2 Å². The first kappa shape index (κ1) is 14.4. The van der Waals surface area contributed by atoms with E-state index in [1.54, 1.807) is 6.92 Å². The standard InChI is InChI=1S/C12H15N3O5/c1-12(19-6-7-20-12)2-3-15-10(16)8-9(11(17)18)14-5-4-13-8/h4-5H,2-3,6-7H2,1H3,(H,15,16)(H,17,18). The van der Waals surface area contributed by atoms with Crippen molar-refractivity contribution in [2.75, 3.05) is 19.8 Å². The van der Waals surface area contributed by atoms with Gasteiger partial charge in [-0.1, -0.05) is 0 Å². The lowest BCUT2D eigenvalue weighted by Gasteiger charge is -2.22. The SMILES string of the molecule is CC1(CCNC(=O)c2nccnc2C(=O)O)OCCO1. The number of rotatable bonds is 5. The van der Waals surface area contributed by atoms with Crippen LogP contribution in [-0.2, 0) is 9.47 Å². The topological polar surface area (TPSA) is 111 Å². The van der Waals surface area contributed by atoms with E-state index in [1.165, 1.54) is 12.4 Å². The van der Waals surface area contributed by atoms with Crippen molar-refractivity contribution in [1.82, 2.24) is 15.3 Å². The van der Waals surface area contributed by atoms with Gasteiger partial charge in [-0.25, -0.2) is 14.8 Å². The molecular weight excluding hydrogens is 266 g/mol. The summed E-state index contributed by atoms with van der Waals surface area (Å²) in [6.45, 7) is 3.12. The average Bonchev–Trinajstić information content (AvgIpc) is 2.85. The van der Waals surface area contributed by atoms with Gasteiger partial charge < -0.3 is 19.9 Å². The molecular formula is C12H15N3O5. The first-order chi connectivity index (χ1) is 9.52. The average molecular weight is 281 g/mol. The number of hydrogen-bond donors (Lipinski definition) is 2. The number of ether oxygens (including phenoxy) is 2. The minimum Gasteiger partial charge on any atom is -0.476 e. The van der Waals surface area contributed by atoms with Gasteiger partial charge in [-0.3, -0.25) is 4.79 Å². The second-order valence-electron chi connectivity index (χ2n) is 4.40. The number of carboxylic acid groups (broad SMARTS) is 1. The summed E-state index contributed by atoms with van der Waals surface area (Å²) in [4.78, 5) is 30.2. The minimum atomic E-state index is -1.29. The van der Waals surface area contributed by atoms with Gasteiger partial charge in [0.25, 0.3) is 5.91 Å².